The van der Waals surface area contributed by atoms with Crippen molar-refractivity contribution in [2.45, 2.75) is 4.90 Å². The van der Waals surface area contributed by atoms with E-state index in [4.69, 9.17) is 16.3 Å². The van der Waals surface area contributed by atoms with Crippen molar-refractivity contribution in [3.05, 3.63) is 59.9 Å². The topological polar surface area (TPSA) is 136 Å². The Balaban J connectivity index is 1.64. The van der Waals surface area contributed by atoms with Gasteiger partial charge in [0.15, 0.2) is 22.0 Å². The lowest BCUT2D eigenvalue weighted by atomic mass is 10.0. The van der Waals surface area contributed by atoms with Crippen LogP contribution in [0.2, 0.25) is 5.02 Å². The van der Waals surface area contributed by atoms with E-state index in [1.807, 2.05) is 0 Å². The van der Waals surface area contributed by atoms with Crippen LogP contribution in [0.1, 0.15) is 0 Å². The fourth-order valence-electron chi connectivity index (χ4n) is 3.56. The molecule has 0 fully saturated rings. The van der Waals surface area contributed by atoms with Crippen molar-refractivity contribution in [3.8, 4) is 17.0 Å². The summed E-state index contributed by atoms with van der Waals surface area (Å²) in [4.78, 5) is 12.2. The lowest BCUT2D eigenvalue weighted by Crippen LogP contribution is -2.16. The van der Waals surface area contributed by atoms with Crippen molar-refractivity contribution in [2.24, 2.45) is 0 Å². The third kappa shape index (κ3) is 3.94. The van der Waals surface area contributed by atoms with Crippen molar-refractivity contribution in [1.82, 2.24) is 29.5 Å². The van der Waals surface area contributed by atoms with Crippen LogP contribution in [0.15, 0.2) is 53.9 Å². The van der Waals surface area contributed by atoms with Crippen LogP contribution in [-0.2, 0) is 10.0 Å². The van der Waals surface area contributed by atoms with Crippen molar-refractivity contribution in [1.29, 1.82) is 0 Å². The lowest BCUT2D eigenvalue weighted by Gasteiger charge is -2.14. The van der Waals surface area contributed by atoms with Gasteiger partial charge in [0.1, 0.15) is 6.33 Å². The summed E-state index contributed by atoms with van der Waals surface area (Å²) in [7, 11) is -1.34. The van der Waals surface area contributed by atoms with Gasteiger partial charge in [-0.2, -0.15) is 4.98 Å². The Hall–Kier alpha value is -4.10. The second-order valence-corrected chi connectivity index (χ2v) is 9.33. The number of fused-ring (bicyclic) bond motifs is 3. The number of sulfonamides is 1. The van der Waals surface area contributed by atoms with Crippen molar-refractivity contribution in [3.63, 3.8) is 0 Å². The molecule has 4 aromatic heterocycles. The van der Waals surface area contributed by atoms with Gasteiger partial charge in [-0.25, -0.2) is 22.8 Å². The molecule has 0 saturated heterocycles. The van der Waals surface area contributed by atoms with Gasteiger partial charge in [-0.05, 0) is 18.2 Å². The van der Waals surface area contributed by atoms with Gasteiger partial charge in [-0.15, -0.1) is 10.2 Å². The van der Waals surface area contributed by atoms with Gasteiger partial charge in [0.05, 0.1) is 17.8 Å². The number of methoxy groups -OCH3 is 1. The van der Waals surface area contributed by atoms with E-state index in [1.165, 1.54) is 43.9 Å². The van der Waals surface area contributed by atoms with Crippen LogP contribution in [0.25, 0.3) is 27.8 Å². The Labute approximate surface area is 203 Å². The Morgan fingerprint density at radius 2 is 1.94 bits per heavy atom. The number of rotatable bonds is 6. The maximum absolute atomic E-state index is 15.7. The molecule has 0 unspecified atom stereocenters. The molecule has 11 nitrogen and oxygen atoms in total. The molecule has 0 atom stereocenters. The molecule has 2 N–H and O–H groups in total. The van der Waals surface area contributed by atoms with E-state index in [9.17, 15) is 8.42 Å². The molecule has 0 saturated carbocycles. The highest BCUT2D eigenvalue weighted by atomic mass is 35.5. The van der Waals surface area contributed by atoms with Gasteiger partial charge in [-0.3, -0.25) is 9.12 Å². The largest absolute Gasteiger partial charge is 0.480 e. The standard InChI is InChI=1S/C21H16ClFN8O3S/c1-24-21-26-8-11-6-14(19-29-27-10-31(19)18(11)28-21)13-4-3-5-15(17(13)23)30-35(32,33)16-7-12(22)9-25-20(16)34-2/h3-10,30H,1-2H3,(H,24,26,28). The summed E-state index contributed by atoms with van der Waals surface area (Å²) < 4.78 is 50.7. The summed E-state index contributed by atoms with van der Waals surface area (Å²) in [6.07, 6.45) is 4.28. The summed E-state index contributed by atoms with van der Waals surface area (Å²) in [5, 5.41) is 11.6. The van der Waals surface area contributed by atoms with Crippen molar-refractivity contribution in [2.75, 3.05) is 24.2 Å². The number of benzene rings is 1. The van der Waals surface area contributed by atoms with E-state index in [0.29, 0.717) is 28.2 Å². The van der Waals surface area contributed by atoms with Gasteiger partial charge in [0.2, 0.25) is 11.8 Å². The molecule has 0 spiro atoms. The first-order valence-electron chi connectivity index (χ1n) is 10.0. The summed E-state index contributed by atoms with van der Waals surface area (Å²) in [5.41, 5.74) is 1.03. The first-order valence-corrected chi connectivity index (χ1v) is 11.9. The Kier molecular flexibility index (Phi) is 5.57. The monoisotopic (exact) mass is 514 g/mol. The number of hydrogen-bond acceptors (Lipinski definition) is 9. The predicted octanol–water partition coefficient (Wildman–Crippen LogP) is 3.38. The number of ether oxygens (including phenoxy) is 1. The molecule has 0 bridgehead atoms. The van der Waals surface area contributed by atoms with Gasteiger partial charge >= 0.3 is 0 Å². The van der Waals surface area contributed by atoms with Crippen LogP contribution >= 0.6 is 11.6 Å². The van der Waals surface area contributed by atoms with Gasteiger partial charge < -0.3 is 10.1 Å². The van der Waals surface area contributed by atoms with E-state index < -0.39 is 15.8 Å². The van der Waals surface area contributed by atoms with E-state index in [0.717, 1.165) is 0 Å². The Morgan fingerprint density at radius 1 is 1.11 bits per heavy atom. The zero-order chi connectivity index (χ0) is 24.7. The summed E-state index contributed by atoms with van der Waals surface area (Å²) in [6, 6.07) is 7.15. The summed E-state index contributed by atoms with van der Waals surface area (Å²) in [6.45, 7) is 0. The van der Waals surface area contributed by atoms with Crippen LogP contribution in [0.3, 0.4) is 0 Å². The second kappa shape index (κ2) is 8.60. The molecule has 0 aliphatic rings. The van der Waals surface area contributed by atoms with Crippen LogP contribution in [-0.4, -0.2) is 52.1 Å². The molecular formula is C21H16ClFN8O3S. The normalized spacial score (nSPS) is 11.7. The van der Waals surface area contributed by atoms with Gasteiger partial charge in [-0.1, -0.05) is 23.7 Å². The molecule has 5 aromatic rings. The molecular weight excluding hydrogens is 499 g/mol. The first-order chi connectivity index (χ1) is 16.8. The molecule has 178 valence electrons. The molecule has 1 aromatic carbocycles. The van der Waals surface area contributed by atoms with Crippen LogP contribution in [0, 0.1) is 5.82 Å². The number of hydrogen-bond donors (Lipinski definition) is 2. The highest BCUT2D eigenvalue weighted by Gasteiger charge is 2.24. The number of nitrogens with zero attached hydrogens (tertiary/aromatic N) is 6. The average molecular weight is 515 g/mol. The third-order valence-electron chi connectivity index (χ3n) is 5.14. The molecule has 0 aliphatic heterocycles. The van der Waals surface area contributed by atoms with Gasteiger partial charge in [0.25, 0.3) is 10.0 Å². The zero-order valence-corrected chi connectivity index (χ0v) is 19.8. The van der Waals surface area contributed by atoms with Crippen LogP contribution < -0.4 is 14.8 Å². The number of halogens is 2. The van der Waals surface area contributed by atoms with E-state index in [1.54, 1.807) is 23.7 Å². The van der Waals surface area contributed by atoms with E-state index in [-0.39, 0.29) is 27.0 Å². The lowest BCUT2D eigenvalue weighted by molar-refractivity contribution is 0.385. The summed E-state index contributed by atoms with van der Waals surface area (Å²) >= 11 is 5.92. The highest BCUT2D eigenvalue weighted by molar-refractivity contribution is 7.92. The SMILES string of the molecule is CNc1ncc2cc(-c3cccc(NS(=O)(=O)c4cc(Cl)cnc4OC)c3F)c3nncn3c2n1. The van der Waals surface area contributed by atoms with E-state index >= 15 is 4.39 Å². The number of anilines is 2. The molecule has 35 heavy (non-hydrogen) atoms. The second-order valence-electron chi connectivity index (χ2n) is 7.24. The maximum Gasteiger partial charge on any atom is 0.267 e. The quantitative estimate of drug-likeness (QED) is 0.349. The minimum absolute atomic E-state index is 0.0782. The fourth-order valence-corrected chi connectivity index (χ4v) is 4.99. The maximum atomic E-state index is 15.7. The van der Waals surface area contributed by atoms with Crippen molar-refractivity contribution >= 4 is 49.9 Å². The zero-order valence-electron chi connectivity index (χ0n) is 18.2. The van der Waals surface area contributed by atoms with Crippen LogP contribution in [0.5, 0.6) is 5.88 Å². The number of nitrogens with one attached hydrogen (secondary N) is 2. The summed E-state index contributed by atoms with van der Waals surface area (Å²) in [5.74, 6) is -0.602. The molecule has 14 heteroatoms. The highest BCUT2D eigenvalue weighted by Crippen LogP contribution is 2.34. The first kappa shape index (κ1) is 22.7. The minimum Gasteiger partial charge on any atom is -0.480 e. The average Bonchev–Trinajstić information content (AvgIpc) is 3.35. The molecule has 0 amide bonds. The number of pyridine rings is 2. The number of aromatic nitrogens is 6. The predicted molar refractivity (Wildman–Crippen MR) is 128 cm³/mol. The molecule has 5 rings (SSSR count). The Morgan fingerprint density at radius 3 is 2.71 bits per heavy atom. The molecule has 0 aliphatic carbocycles. The minimum atomic E-state index is -4.30. The van der Waals surface area contributed by atoms with Crippen molar-refractivity contribution < 1.29 is 17.5 Å². The van der Waals surface area contributed by atoms with Gasteiger partial charge in [0, 0.05) is 36.0 Å². The van der Waals surface area contributed by atoms with Crippen LogP contribution in [0.4, 0.5) is 16.0 Å². The fraction of sp³-hybridized carbons (Fsp3) is 0.0952. The smallest absolute Gasteiger partial charge is 0.267 e. The Bertz CT molecular complexity index is 1710. The molecule has 4 heterocycles. The third-order valence-corrected chi connectivity index (χ3v) is 6.70. The van der Waals surface area contributed by atoms with E-state index in [2.05, 4.69) is 35.2 Å². The molecule has 0 radical (unpaired) electrons.